The number of aliphatic imine (C=N–C) groups is 1. The third-order valence-corrected chi connectivity index (χ3v) is 5.19. The van der Waals surface area contributed by atoms with Gasteiger partial charge in [0.05, 0.1) is 6.04 Å². The zero-order valence-corrected chi connectivity index (χ0v) is 19.0. The lowest BCUT2D eigenvalue weighted by Crippen LogP contribution is -2.56. The summed E-state index contributed by atoms with van der Waals surface area (Å²) in [6.45, 7) is 6.02. The fourth-order valence-corrected chi connectivity index (χ4v) is 3.58. The molecule has 0 aromatic heterocycles. The number of likely N-dealkylation sites (tertiary alicyclic amines) is 1. The van der Waals surface area contributed by atoms with E-state index in [0.717, 1.165) is 0 Å². The molecule has 4 unspecified atom stereocenters. The molecule has 12 nitrogen and oxygen atoms in total. The minimum Gasteiger partial charge on any atom is -0.480 e. The first kappa shape index (κ1) is 27.1. The van der Waals surface area contributed by atoms with Crippen LogP contribution in [-0.2, 0) is 19.2 Å². The normalized spacial score (nSPS) is 18.5. The molecule has 0 aliphatic carbocycles. The summed E-state index contributed by atoms with van der Waals surface area (Å²) in [6.07, 6.45) is 1.99. The molecule has 0 aromatic rings. The van der Waals surface area contributed by atoms with E-state index in [1.807, 2.05) is 13.8 Å². The van der Waals surface area contributed by atoms with E-state index in [1.165, 1.54) is 4.90 Å². The van der Waals surface area contributed by atoms with Crippen LogP contribution in [-0.4, -0.2) is 76.9 Å². The van der Waals surface area contributed by atoms with Crippen molar-refractivity contribution in [2.24, 2.45) is 28.1 Å². The first-order chi connectivity index (χ1) is 14.9. The monoisotopic (exact) mass is 455 g/mol. The molecule has 0 saturated carbocycles. The number of rotatable bonds is 12. The van der Waals surface area contributed by atoms with Gasteiger partial charge >= 0.3 is 5.97 Å². The maximum absolute atomic E-state index is 12.9. The van der Waals surface area contributed by atoms with E-state index in [0.29, 0.717) is 32.2 Å². The number of carbonyl (C=O) groups excluding carboxylic acids is 3. The van der Waals surface area contributed by atoms with E-state index in [1.54, 1.807) is 6.92 Å². The molecule has 1 rings (SSSR count). The minimum absolute atomic E-state index is 0.0904. The van der Waals surface area contributed by atoms with Gasteiger partial charge in [-0.3, -0.25) is 19.4 Å². The van der Waals surface area contributed by atoms with Crippen LogP contribution >= 0.6 is 0 Å². The second kappa shape index (κ2) is 12.8. The van der Waals surface area contributed by atoms with Gasteiger partial charge in [-0.25, -0.2) is 4.79 Å². The molecule has 1 saturated heterocycles. The van der Waals surface area contributed by atoms with Crippen molar-refractivity contribution in [3.05, 3.63) is 0 Å². The van der Waals surface area contributed by atoms with Gasteiger partial charge in [0.1, 0.15) is 18.1 Å². The SMILES string of the molecule is CC(C)CC(N)C(=O)NC(C)C(=O)N1CCCC1C(=O)NC(CCCN=C(N)N)C(=O)O. The second-order valence-electron chi connectivity index (χ2n) is 8.50. The van der Waals surface area contributed by atoms with Crippen LogP contribution in [0.15, 0.2) is 4.99 Å². The lowest BCUT2D eigenvalue weighted by atomic mass is 10.0. The molecule has 32 heavy (non-hydrogen) atoms. The van der Waals surface area contributed by atoms with Crippen molar-refractivity contribution in [3.63, 3.8) is 0 Å². The standard InChI is InChI=1S/C20H37N7O5/c1-11(2)10-13(21)16(28)25-12(3)18(30)27-9-5-7-15(27)17(29)26-14(19(31)32)6-4-8-24-20(22)23/h11-15H,4-10,21H2,1-3H3,(H,25,28)(H,26,29)(H,31,32)(H4,22,23,24). The first-order valence-corrected chi connectivity index (χ1v) is 10.9. The number of hydrogen-bond donors (Lipinski definition) is 6. The predicted molar refractivity (Wildman–Crippen MR) is 119 cm³/mol. The van der Waals surface area contributed by atoms with Crippen LogP contribution in [0, 0.1) is 5.92 Å². The number of nitrogens with two attached hydrogens (primary N) is 3. The number of nitrogens with one attached hydrogen (secondary N) is 2. The molecule has 0 spiro atoms. The highest BCUT2D eigenvalue weighted by atomic mass is 16.4. The van der Waals surface area contributed by atoms with E-state index in [2.05, 4.69) is 15.6 Å². The topological polar surface area (TPSA) is 206 Å². The highest BCUT2D eigenvalue weighted by Gasteiger charge is 2.37. The van der Waals surface area contributed by atoms with Crippen molar-refractivity contribution in [2.75, 3.05) is 13.1 Å². The molecule has 9 N–H and O–H groups in total. The molecule has 1 fully saturated rings. The molecule has 182 valence electrons. The maximum atomic E-state index is 12.9. The van der Waals surface area contributed by atoms with Crippen LogP contribution in [0.1, 0.15) is 52.9 Å². The lowest BCUT2D eigenvalue weighted by Gasteiger charge is -2.28. The van der Waals surface area contributed by atoms with Crippen molar-refractivity contribution >= 4 is 29.7 Å². The average molecular weight is 456 g/mol. The van der Waals surface area contributed by atoms with E-state index in [-0.39, 0.29) is 24.8 Å². The number of nitrogens with zero attached hydrogens (tertiary/aromatic N) is 2. The Bertz CT molecular complexity index is 708. The molecule has 1 aliphatic rings. The van der Waals surface area contributed by atoms with Gasteiger partial charge in [-0.15, -0.1) is 0 Å². The summed E-state index contributed by atoms with van der Waals surface area (Å²) in [5.41, 5.74) is 16.3. The van der Waals surface area contributed by atoms with Gasteiger partial charge in [-0.1, -0.05) is 13.8 Å². The summed E-state index contributed by atoms with van der Waals surface area (Å²) in [7, 11) is 0. The second-order valence-corrected chi connectivity index (χ2v) is 8.50. The number of hydrogen-bond acceptors (Lipinski definition) is 6. The van der Waals surface area contributed by atoms with Crippen molar-refractivity contribution in [1.29, 1.82) is 0 Å². The summed E-state index contributed by atoms with van der Waals surface area (Å²) in [6, 6.07) is -3.51. The Morgan fingerprint density at radius 2 is 1.81 bits per heavy atom. The Kier molecular flexibility index (Phi) is 10.9. The fourth-order valence-electron chi connectivity index (χ4n) is 3.58. The van der Waals surface area contributed by atoms with E-state index in [9.17, 15) is 24.3 Å². The van der Waals surface area contributed by atoms with Crippen LogP contribution < -0.4 is 27.8 Å². The first-order valence-electron chi connectivity index (χ1n) is 10.9. The van der Waals surface area contributed by atoms with E-state index >= 15 is 0 Å². The van der Waals surface area contributed by atoms with E-state index in [4.69, 9.17) is 17.2 Å². The zero-order valence-electron chi connectivity index (χ0n) is 19.0. The third-order valence-electron chi connectivity index (χ3n) is 5.19. The molecular formula is C20H37N7O5. The van der Waals surface area contributed by atoms with Gasteiger partial charge in [-0.2, -0.15) is 0 Å². The Morgan fingerprint density at radius 1 is 1.16 bits per heavy atom. The molecule has 0 aromatic carbocycles. The Labute approximate surface area is 188 Å². The maximum Gasteiger partial charge on any atom is 0.326 e. The number of guanidine groups is 1. The highest BCUT2D eigenvalue weighted by molar-refractivity contribution is 5.94. The summed E-state index contributed by atoms with van der Waals surface area (Å²) < 4.78 is 0. The molecule has 1 aliphatic heterocycles. The van der Waals surface area contributed by atoms with Crippen molar-refractivity contribution < 1.29 is 24.3 Å². The molecule has 0 radical (unpaired) electrons. The average Bonchev–Trinajstić information content (AvgIpc) is 3.18. The Morgan fingerprint density at radius 3 is 2.38 bits per heavy atom. The van der Waals surface area contributed by atoms with Gasteiger partial charge in [0.15, 0.2) is 5.96 Å². The molecule has 4 atom stereocenters. The van der Waals surface area contributed by atoms with Gasteiger partial charge in [-0.05, 0) is 44.9 Å². The zero-order chi connectivity index (χ0) is 24.4. The molecule has 3 amide bonds. The third kappa shape index (κ3) is 8.69. The Hall–Kier alpha value is -2.89. The van der Waals surface area contributed by atoms with Gasteiger partial charge in [0, 0.05) is 13.1 Å². The molecule has 1 heterocycles. The molecule has 0 bridgehead atoms. The van der Waals surface area contributed by atoms with Gasteiger partial charge in [0.25, 0.3) is 0 Å². The largest absolute Gasteiger partial charge is 0.480 e. The van der Waals surface area contributed by atoms with Crippen LogP contribution in [0.4, 0.5) is 0 Å². The molecule has 12 heteroatoms. The number of carbonyl (C=O) groups is 4. The number of carboxylic acids is 1. The van der Waals surface area contributed by atoms with Gasteiger partial charge in [0.2, 0.25) is 17.7 Å². The Balaban J connectivity index is 2.70. The molecular weight excluding hydrogens is 418 g/mol. The van der Waals surface area contributed by atoms with Crippen molar-refractivity contribution in [1.82, 2.24) is 15.5 Å². The fraction of sp³-hybridized carbons (Fsp3) is 0.750. The minimum atomic E-state index is -1.18. The van der Waals surface area contributed by atoms with Crippen LogP contribution in [0.3, 0.4) is 0 Å². The number of aliphatic carboxylic acids is 1. The van der Waals surface area contributed by atoms with Crippen molar-refractivity contribution in [3.8, 4) is 0 Å². The quantitative estimate of drug-likeness (QED) is 0.115. The van der Waals surface area contributed by atoms with Crippen LogP contribution in [0.5, 0.6) is 0 Å². The van der Waals surface area contributed by atoms with Crippen LogP contribution in [0.25, 0.3) is 0 Å². The van der Waals surface area contributed by atoms with Crippen LogP contribution in [0.2, 0.25) is 0 Å². The smallest absolute Gasteiger partial charge is 0.326 e. The predicted octanol–water partition coefficient (Wildman–Crippen LogP) is -1.52. The summed E-state index contributed by atoms with van der Waals surface area (Å²) >= 11 is 0. The number of amides is 3. The lowest BCUT2D eigenvalue weighted by molar-refractivity contribution is -0.144. The summed E-state index contributed by atoms with van der Waals surface area (Å²) in [4.78, 5) is 54.5. The number of carboxylic acid groups (broad SMARTS) is 1. The van der Waals surface area contributed by atoms with E-state index < -0.39 is 47.9 Å². The van der Waals surface area contributed by atoms with Gasteiger partial charge < -0.3 is 37.8 Å². The highest BCUT2D eigenvalue weighted by Crippen LogP contribution is 2.19. The summed E-state index contributed by atoms with van der Waals surface area (Å²) in [5, 5.41) is 14.5. The summed E-state index contributed by atoms with van der Waals surface area (Å²) in [5.74, 6) is -2.42. The van der Waals surface area contributed by atoms with Crippen molar-refractivity contribution in [2.45, 2.75) is 77.0 Å².